The summed E-state index contributed by atoms with van der Waals surface area (Å²) in [5.41, 5.74) is 1.54. The normalized spacial score (nSPS) is 10.7. The molecule has 5 nitrogen and oxygen atoms in total. The SMILES string of the molecule is CCOC(=O)c1sc(-c2ccc3[nH]cc(C#N)c3c2F)nc1C. The Morgan fingerprint density at radius 2 is 2.30 bits per heavy atom. The van der Waals surface area contributed by atoms with Crippen LogP contribution in [0, 0.1) is 24.1 Å². The van der Waals surface area contributed by atoms with E-state index in [1.54, 1.807) is 26.0 Å². The van der Waals surface area contributed by atoms with Crippen molar-refractivity contribution in [2.75, 3.05) is 6.61 Å². The summed E-state index contributed by atoms with van der Waals surface area (Å²) in [6.45, 7) is 3.67. The van der Waals surface area contributed by atoms with Crippen molar-refractivity contribution in [1.82, 2.24) is 9.97 Å². The monoisotopic (exact) mass is 329 g/mol. The van der Waals surface area contributed by atoms with Crippen LogP contribution in [0.2, 0.25) is 0 Å². The average molecular weight is 329 g/mol. The Morgan fingerprint density at radius 3 is 3.00 bits per heavy atom. The van der Waals surface area contributed by atoms with Gasteiger partial charge >= 0.3 is 5.97 Å². The predicted molar refractivity (Wildman–Crippen MR) is 84.8 cm³/mol. The molecule has 0 amide bonds. The first-order valence-corrected chi connectivity index (χ1v) is 7.73. The molecule has 1 aromatic carbocycles. The maximum atomic E-state index is 14.8. The summed E-state index contributed by atoms with van der Waals surface area (Å²) in [5.74, 6) is -0.987. The summed E-state index contributed by atoms with van der Waals surface area (Å²) in [5, 5.41) is 9.70. The third-order valence-corrected chi connectivity index (χ3v) is 4.56. The third-order valence-electron chi connectivity index (χ3n) is 3.39. The molecule has 116 valence electrons. The molecule has 2 heterocycles. The lowest BCUT2D eigenvalue weighted by Gasteiger charge is -2.01. The molecule has 0 aliphatic heterocycles. The molecule has 0 saturated carbocycles. The van der Waals surface area contributed by atoms with Crippen LogP contribution in [-0.2, 0) is 4.74 Å². The molecule has 0 spiro atoms. The number of nitriles is 1. The fraction of sp³-hybridized carbons (Fsp3) is 0.188. The second-order valence-electron chi connectivity index (χ2n) is 4.82. The van der Waals surface area contributed by atoms with Gasteiger partial charge < -0.3 is 9.72 Å². The molecule has 0 bridgehead atoms. The first-order chi connectivity index (χ1) is 11.1. The Morgan fingerprint density at radius 1 is 1.52 bits per heavy atom. The van der Waals surface area contributed by atoms with Crippen LogP contribution in [0.5, 0.6) is 0 Å². The largest absolute Gasteiger partial charge is 0.462 e. The van der Waals surface area contributed by atoms with E-state index in [0.717, 1.165) is 11.3 Å². The lowest BCUT2D eigenvalue weighted by atomic mass is 10.1. The molecular weight excluding hydrogens is 317 g/mol. The van der Waals surface area contributed by atoms with Crippen molar-refractivity contribution in [1.29, 1.82) is 5.26 Å². The number of H-pyrrole nitrogens is 1. The molecule has 23 heavy (non-hydrogen) atoms. The molecule has 0 aliphatic rings. The number of esters is 1. The second-order valence-corrected chi connectivity index (χ2v) is 5.82. The number of hydrogen-bond donors (Lipinski definition) is 1. The van der Waals surface area contributed by atoms with Crippen molar-refractivity contribution < 1.29 is 13.9 Å². The minimum atomic E-state index is -0.524. The van der Waals surface area contributed by atoms with E-state index in [0.29, 0.717) is 21.1 Å². The zero-order valence-electron chi connectivity index (χ0n) is 12.4. The fourth-order valence-electron chi connectivity index (χ4n) is 2.33. The van der Waals surface area contributed by atoms with Gasteiger partial charge in [0.05, 0.1) is 23.3 Å². The number of nitrogens with zero attached hydrogens (tertiary/aromatic N) is 2. The fourth-order valence-corrected chi connectivity index (χ4v) is 3.31. The van der Waals surface area contributed by atoms with E-state index >= 15 is 0 Å². The predicted octanol–water partition coefficient (Wildman–Crippen LogP) is 3.79. The number of fused-ring (bicyclic) bond motifs is 1. The van der Waals surface area contributed by atoms with Crippen LogP contribution in [0.15, 0.2) is 18.3 Å². The van der Waals surface area contributed by atoms with Gasteiger partial charge in [-0.05, 0) is 26.0 Å². The highest BCUT2D eigenvalue weighted by molar-refractivity contribution is 7.17. The van der Waals surface area contributed by atoms with Gasteiger partial charge in [-0.15, -0.1) is 11.3 Å². The number of carbonyl (C=O) groups excluding carboxylic acids is 1. The lowest BCUT2D eigenvalue weighted by Crippen LogP contribution is -2.03. The van der Waals surface area contributed by atoms with Crippen LogP contribution in [-0.4, -0.2) is 22.5 Å². The van der Waals surface area contributed by atoms with Gasteiger partial charge in [0, 0.05) is 17.3 Å². The molecule has 0 radical (unpaired) electrons. The van der Waals surface area contributed by atoms with Crippen LogP contribution in [0.25, 0.3) is 21.5 Å². The number of aryl methyl sites for hydroxylation is 1. The summed E-state index contributed by atoms with van der Waals surface area (Å²) in [4.78, 5) is 19.4. The molecule has 0 aliphatic carbocycles. The number of carbonyl (C=O) groups is 1. The van der Waals surface area contributed by atoms with Crippen molar-refractivity contribution in [2.45, 2.75) is 13.8 Å². The van der Waals surface area contributed by atoms with Crippen molar-refractivity contribution in [3.63, 3.8) is 0 Å². The second kappa shape index (κ2) is 5.82. The van der Waals surface area contributed by atoms with E-state index in [1.165, 1.54) is 6.20 Å². The minimum absolute atomic E-state index is 0.232. The van der Waals surface area contributed by atoms with Crippen molar-refractivity contribution in [2.24, 2.45) is 0 Å². The van der Waals surface area contributed by atoms with Gasteiger partial charge in [0.25, 0.3) is 0 Å². The highest BCUT2D eigenvalue weighted by atomic mass is 32.1. The summed E-state index contributed by atoms with van der Waals surface area (Å²) in [6, 6.07) is 5.23. The van der Waals surface area contributed by atoms with E-state index in [9.17, 15) is 9.18 Å². The van der Waals surface area contributed by atoms with Crippen LogP contribution in [0.3, 0.4) is 0 Å². The van der Waals surface area contributed by atoms with Crippen LogP contribution in [0.4, 0.5) is 4.39 Å². The van der Waals surface area contributed by atoms with E-state index in [1.807, 2.05) is 6.07 Å². The minimum Gasteiger partial charge on any atom is -0.462 e. The zero-order valence-corrected chi connectivity index (χ0v) is 13.3. The lowest BCUT2D eigenvalue weighted by molar-refractivity contribution is 0.0531. The average Bonchev–Trinajstić information content (AvgIpc) is 3.11. The summed E-state index contributed by atoms with van der Waals surface area (Å²) in [7, 11) is 0. The Kier molecular flexibility index (Phi) is 3.84. The topological polar surface area (TPSA) is 78.8 Å². The molecule has 7 heteroatoms. The number of nitrogens with one attached hydrogen (secondary N) is 1. The number of aromatic amines is 1. The molecule has 0 atom stereocenters. The van der Waals surface area contributed by atoms with Crippen LogP contribution >= 0.6 is 11.3 Å². The molecule has 1 N–H and O–H groups in total. The molecule has 0 unspecified atom stereocenters. The van der Waals surface area contributed by atoms with Gasteiger partial charge in [0.15, 0.2) is 0 Å². The maximum absolute atomic E-state index is 14.8. The zero-order chi connectivity index (χ0) is 16.6. The summed E-state index contributed by atoms with van der Waals surface area (Å²) in [6.07, 6.45) is 1.47. The van der Waals surface area contributed by atoms with Gasteiger partial charge in [-0.1, -0.05) is 0 Å². The van der Waals surface area contributed by atoms with Gasteiger partial charge in [-0.2, -0.15) is 5.26 Å². The van der Waals surface area contributed by atoms with Crippen molar-refractivity contribution >= 4 is 28.2 Å². The molecule has 0 fully saturated rings. The number of ether oxygens (including phenoxy) is 1. The Hall–Kier alpha value is -2.72. The number of halogens is 1. The van der Waals surface area contributed by atoms with E-state index < -0.39 is 11.8 Å². The molecular formula is C16H12FN3O2S. The summed E-state index contributed by atoms with van der Waals surface area (Å²) >= 11 is 1.08. The molecule has 0 saturated heterocycles. The Balaban J connectivity index is 2.14. The number of hydrogen-bond acceptors (Lipinski definition) is 5. The van der Waals surface area contributed by atoms with Crippen molar-refractivity contribution in [3.8, 4) is 16.6 Å². The van der Waals surface area contributed by atoms with Gasteiger partial charge in [-0.3, -0.25) is 0 Å². The number of thiazole rings is 1. The smallest absolute Gasteiger partial charge is 0.350 e. The van der Waals surface area contributed by atoms with Gasteiger partial charge in [0.1, 0.15) is 21.8 Å². The van der Waals surface area contributed by atoms with E-state index in [4.69, 9.17) is 10.00 Å². The molecule has 3 aromatic rings. The van der Waals surface area contributed by atoms with Crippen molar-refractivity contribution in [3.05, 3.63) is 40.3 Å². The first kappa shape index (κ1) is 15.2. The summed E-state index contributed by atoms with van der Waals surface area (Å²) < 4.78 is 19.8. The van der Waals surface area contributed by atoms with E-state index in [2.05, 4.69) is 9.97 Å². The third kappa shape index (κ3) is 2.47. The molecule has 2 aromatic heterocycles. The standard InChI is InChI=1S/C16H12FN3O2S/c1-3-22-16(21)14-8(2)20-15(23-14)10-4-5-11-12(13(10)17)9(6-18)7-19-11/h4-5,7,19H,3H2,1-2H3. The van der Waals surface area contributed by atoms with Crippen LogP contribution in [0.1, 0.15) is 27.9 Å². The van der Waals surface area contributed by atoms with E-state index in [-0.39, 0.29) is 23.1 Å². The Bertz CT molecular complexity index is 952. The highest BCUT2D eigenvalue weighted by Gasteiger charge is 2.21. The number of aromatic nitrogens is 2. The number of rotatable bonds is 3. The maximum Gasteiger partial charge on any atom is 0.350 e. The molecule has 3 rings (SSSR count). The van der Waals surface area contributed by atoms with Gasteiger partial charge in [0.2, 0.25) is 0 Å². The van der Waals surface area contributed by atoms with Crippen LogP contribution < -0.4 is 0 Å². The van der Waals surface area contributed by atoms with Gasteiger partial charge in [-0.25, -0.2) is 14.2 Å². The highest BCUT2D eigenvalue weighted by Crippen LogP contribution is 2.34. The number of benzene rings is 1. The Labute approximate surface area is 135 Å². The quantitative estimate of drug-likeness (QED) is 0.742. The first-order valence-electron chi connectivity index (χ1n) is 6.91.